The quantitative estimate of drug-likeness (QED) is 0.160. The Morgan fingerprint density at radius 2 is 0.673 bits per heavy atom. The molecule has 0 fully saturated rings. The van der Waals surface area contributed by atoms with Crippen molar-refractivity contribution in [3.05, 3.63) is 224 Å². The third-order valence-electron chi connectivity index (χ3n) is 10.9. The van der Waals surface area contributed by atoms with Crippen LogP contribution in [-0.2, 0) is 0 Å². The number of hydrogen-bond donors (Lipinski definition) is 0. The van der Waals surface area contributed by atoms with Gasteiger partial charge in [0.1, 0.15) is 0 Å². The summed E-state index contributed by atoms with van der Waals surface area (Å²) >= 11 is 0. The minimum atomic E-state index is 1.10. The van der Waals surface area contributed by atoms with Crippen LogP contribution in [0.15, 0.2) is 224 Å². The van der Waals surface area contributed by atoms with E-state index in [-0.39, 0.29) is 0 Å². The van der Waals surface area contributed by atoms with Gasteiger partial charge in [-0.3, -0.25) is 0 Å². The molecule has 0 N–H and O–H groups in total. The van der Waals surface area contributed by atoms with E-state index < -0.39 is 0 Å². The molecule has 55 heavy (non-hydrogen) atoms. The lowest BCUT2D eigenvalue weighted by Crippen LogP contribution is -2.09. The zero-order valence-corrected chi connectivity index (χ0v) is 30.3. The van der Waals surface area contributed by atoms with E-state index in [9.17, 15) is 0 Å². The van der Waals surface area contributed by atoms with Gasteiger partial charge in [0.15, 0.2) is 0 Å². The van der Waals surface area contributed by atoms with Crippen LogP contribution in [0.3, 0.4) is 0 Å². The molecule has 10 rings (SSSR count). The Morgan fingerprint density at radius 3 is 1.33 bits per heavy atom. The third-order valence-corrected chi connectivity index (χ3v) is 10.9. The molecule has 0 aliphatic heterocycles. The second-order valence-corrected chi connectivity index (χ2v) is 14.1. The molecular formula is C54H37N. The minimum Gasteiger partial charge on any atom is -0.311 e. The van der Waals surface area contributed by atoms with Gasteiger partial charge in [-0.1, -0.05) is 182 Å². The molecule has 0 atom stereocenters. The Bertz CT molecular complexity index is 2930. The highest BCUT2D eigenvalue weighted by Crippen LogP contribution is 2.41. The molecule has 1 nitrogen and oxygen atoms in total. The van der Waals surface area contributed by atoms with Gasteiger partial charge in [-0.05, 0) is 119 Å². The van der Waals surface area contributed by atoms with Crippen molar-refractivity contribution in [2.75, 3.05) is 4.90 Å². The van der Waals surface area contributed by atoms with Crippen molar-refractivity contribution in [3.8, 4) is 44.5 Å². The van der Waals surface area contributed by atoms with Crippen LogP contribution in [0.1, 0.15) is 0 Å². The van der Waals surface area contributed by atoms with E-state index in [1.807, 2.05) is 0 Å². The Hall–Kier alpha value is -7.22. The Labute approximate surface area is 322 Å². The van der Waals surface area contributed by atoms with E-state index >= 15 is 0 Å². The van der Waals surface area contributed by atoms with Gasteiger partial charge in [0.2, 0.25) is 0 Å². The van der Waals surface area contributed by atoms with Gasteiger partial charge in [-0.2, -0.15) is 0 Å². The molecule has 0 saturated heterocycles. The average molecular weight is 700 g/mol. The number of fused-ring (bicyclic) bond motifs is 3. The van der Waals surface area contributed by atoms with Crippen LogP contribution >= 0.6 is 0 Å². The normalized spacial score (nSPS) is 11.3. The van der Waals surface area contributed by atoms with Crippen molar-refractivity contribution in [2.24, 2.45) is 0 Å². The fourth-order valence-corrected chi connectivity index (χ4v) is 8.12. The molecule has 1 heteroatoms. The molecule has 0 radical (unpaired) electrons. The van der Waals surface area contributed by atoms with E-state index in [4.69, 9.17) is 0 Å². The molecule has 0 aromatic heterocycles. The zero-order valence-electron chi connectivity index (χ0n) is 30.3. The van der Waals surface area contributed by atoms with Gasteiger partial charge in [0, 0.05) is 17.1 Å². The first kappa shape index (κ1) is 32.4. The van der Waals surface area contributed by atoms with Gasteiger partial charge in [-0.25, -0.2) is 0 Å². The van der Waals surface area contributed by atoms with Crippen molar-refractivity contribution in [2.45, 2.75) is 0 Å². The summed E-state index contributed by atoms with van der Waals surface area (Å²) in [5, 5.41) is 7.52. The predicted molar refractivity (Wildman–Crippen MR) is 235 cm³/mol. The molecule has 0 aliphatic rings. The zero-order chi connectivity index (χ0) is 36.6. The van der Waals surface area contributed by atoms with E-state index in [1.165, 1.54) is 76.8 Å². The second-order valence-electron chi connectivity index (χ2n) is 14.1. The molecule has 0 spiro atoms. The fourth-order valence-electron chi connectivity index (χ4n) is 8.12. The highest BCUT2D eigenvalue weighted by atomic mass is 15.1. The SMILES string of the molecule is c1ccc(-c2ccc(N(c3ccc(-c4cccc5ccccc45)cc3)c3ccc(-c4cccc5cccc(-c6ccc7ccccc7c6)c45)cc3)cc2)cc1. The highest BCUT2D eigenvalue weighted by Gasteiger charge is 2.16. The molecule has 258 valence electrons. The Balaban J connectivity index is 1.06. The number of hydrogen-bond acceptors (Lipinski definition) is 1. The third kappa shape index (κ3) is 6.12. The summed E-state index contributed by atoms with van der Waals surface area (Å²) in [4.78, 5) is 2.36. The van der Waals surface area contributed by atoms with Crippen LogP contribution in [0.4, 0.5) is 17.1 Å². The van der Waals surface area contributed by atoms with Gasteiger partial charge >= 0.3 is 0 Å². The molecule has 10 aromatic carbocycles. The standard InChI is InChI=1S/C54H37N/c1-2-11-38(12-3-1)40-25-31-47(32-26-40)55(48-33-27-42(28-34-48)51-20-8-16-41-14-6-7-19-50(41)51)49-35-29-43(30-36-49)52-21-9-17-44-18-10-22-53(54(44)52)46-24-23-39-13-4-5-15-45(39)37-46/h1-37H. The van der Waals surface area contributed by atoms with E-state index in [1.54, 1.807) is 0 Å². The maximum Gasteiger partial charge on any atom is 0.0462 e. The number of benzene rings is 10. The molecule has 0 bridgehead atoms. The minimum absolute atomic E-state index is 1.10. The molecule has 0 unspecified atom stereocenters. The maximum absolute atomic E-state index is 2.36. The molecule has 0 saturated carbocycles. The Morgan fingerprint density at radius 1 is 0.236 bits per heavy atom. The first-order valence-corrected chi connectivity index (χ1v) is 18.9. The fraction of sp³-hybridized carbons (Fsp3) is 0. The first-order valence-electron chi connectivity index (χ1n) is 18.9. The molecular weight excluding hydrogens is 663 g/mol. The van der Waals surface area contributed by atoms with Crippen molar-refractivity contribution in [1.82, 2.24) is 0 Å². The topological polar surface area (TPSA) is 3.24 Å². The van der Waals surface area contributed by atoms with E-state index in [0.29, 0.717) is 0 Å². The summed E-state index contributed by atoms with van der Waals surface area (Å²) < 4.78 is 0. The van der Waals surface area contributed by atoms with E-state index in [2.05, 4.69) is 229 Å². The van der Waals surface area contributed by atoms with Gasteiger partial charge in [-0.15, -0.1) is 0 Å². The van der Waals surface area contributed by atoms with Crippen molar-refractivity contribution in [3.63, 3.8) is 0 Å². The maximum atomic E-state index is 2.36. The van der Waals surface area contributed by atoms with Crippen molar-refractivity contribution >= 4 is 49.4 Å². The summed E-state index contributed by atoms with van der Waals surface area (Å²) in [5.74, 6) is 0. The van der Waals surface area contributed by atoms with Crippen LogP contribution in [0.25, 0.3) is 76.8 Å². The largest absolute Gasteiger partial charge is 0.311 e. The molecule has 0 amide bonds. The number of anilines is 3. The van der Waals surface area contributed by atoms with Crippen molar-refractivity contribution < 1.29 is 0 Å². The smallest absolute Gasteiger partial charge is 0.0462 e. The highest BCUT2D eigenvalue weighted by molar-refractivity contribution is 6.07. The predicted octanol–water partition coefficient (Wildman–Crippen LogP) is 15.3. The summed E-state index contributed by atoms with van der Waals surface area (Å²) in [5.41, 5.74) is 13.1. The second kappa shape index (κ2) is 14.0. The average Bonchev–Trinajstić information content (AvgIpc) is 3.27. The lowest BCUT2D eigenvalue weighted by Gasteiger charge is -2.26. The van der Waals surface area contributed by atoms with Crippen LogP contribution < -0.4 is 4.90 Å². The van der Waals surface area contributed by atoms with Gasteiger partial charge < -0.3 is 4.90 Å². The summed E-state index contributed by atoms with van der Waals surface area (Å²) in [6, 6.07) is 81.4. The summed E-state index contributed by atoms with van der Waals surface area (Å²) in [7, 11) is 0. The number of nitrogens with zero attached hydrogens (tertiary/aromatic N) is 1. The Kier molecular flexibility index (Phi) is 8.24. The van der Waals surface area contributed by atoms with Crippen LogP contribution in [0.2, 0.25) is 0 Å². The first-order chi connectivity index (χ1) is 27.3. The number of rotatable bonds is 7. The van der Waals surface area contributed by atoms with Crippen LogP contribution in [-0.4, -0.2) is 0 Å². The lowest BCUT2D eigenvalue weighted by atomic mass is 9.90. The monoisotopic (exact) mass is 699 g/mol. The molecule has 0 aliphatic carbocycles. The van der Waals surface area contributed by atoms with Crippen molar-refractivity contribution in [1.29, 1.82) is 0 Å². The van der Waals surface area contributed by atoms with Crippen LogP contribution in [0.5, 0.6) is 0 Å². The summed E-state index contributed by atoms with van der Waals surface area (Å²) in [6.45, 7) is 0. The molecule has 10 aromatic rings. The molecule has 0 heterocycles. The van der Waals surface area contributed by atoms with Crippen LogP contribution in [0, 0.1) is 0 Å². The van der Waals surface area contributed by atoms with Gasteiger partial charge in [0.05, 0.1) is 0 Å². The van der Waals surface area contributed by atoms with Gasteiger partial charge in [0.25, 0.3) is 0 Å². The van der Waals surface area contributed by atoms with E-state index in [0.717, 1.165) is 17.1 Å². The lowest BCUT2D eigenvalue weighted by molar-refractivity contribution is 1.28. The summed E-state index contributed by atoms with van der Waals surface area (Å²) in [6.07, 6.45) is 0.